The maximum atomic E-state index is 12.0. The first-order valence-electron chi connectivity index (χ1n) is 9.22. The van der Waals surface area contributed by atoms with Crippen LogP contribution in [0.25, 0.3) is 5.65 Å². The van der Waals surface area contributed by atoms with Crippen molar-refractivity contribution in [3.8, 4) is 0 Å². The number of hydrogen-bond acceptors (Lipinski definition) is 5. The molecule has 3 heterocycles. The third kappa shape index (κ3) is 4.55. The van der Waals surface area contributed by atoms with Crippen molar-refractivity contribution in [2.24, 2.45) is 5.73 Å². The number of nitrogens with zero attached hydrogens (tertiary/aromatic N) is 4. The molecule has 2 aromatic rings. The number of carbonyl (C=O) groups excluding carboxylic acids is 1. The van der Waals surface area contributed by atoms with Gasteiger partial charge in [-0.15, -0.1) is 0 Å². The van der Waals surface area contributed by atoms with Crippen LogP contribution < -0.4 is 11.1 Å². The van der Waals surface area contributed by atoms with Gasteiger partial charge in [0.2, 0.25) is 5.91 Å². The predicted molar refractivity (Wildman–Crippen MR) is 98.4 cm³/mol. The molecule has 0 spiro atoms. The van der Waals surface area contributed by atoms with Crippen LogP contribution in [0.3, 0.4) is 0 Å². The normalized spacial score (nSPS) is 18.1. The number of aromatic nitrogens is 3. The molecule has 2 aromatic heterocycles. The second kappa shape index (κ2) is 8.40. The van der Waals surface area contributed by atoms with E-state index in [0.717, 1.165) is 56.5 Å². The number of fused-ring (bicyclic) bond motifs is 1. The molecule has 3 N–H and O–H groups in total. The first kappa shape index (κ1) is 17.8. The molecule has 1 saturated heterocycles. The van der Waals surface area contributed by atoms with E-state index in [2.05, 4.69) is 27.2 Å². The molecule has 0 saturated carbocycles. The molecule has 1 amide bonds. The van der Waals surface area contributed by atoms with E-state index in [1.54, 1.807) is 6.20 Å². The van der Waals surface area contributed by atoms with Gasteiger partial charge in [0.15, 0.2) is 5.65 Å². The summed E-state index contributed by atoms with van der Waals surface area (Å²) in [6.07, 6.45) is 12.5. The molecule has 0 radical (unpaired) electrons. The minimum absolute atomic E-state index is 0.00969. The molecular weight excluding hydrogens is 316 g/mol. The first-order chi connectivity index (χ1) is 12.2. The van der Waals surface area contributed by atoms with Crippen LogP contribution in [-0.4, -0.2) is 45.3 Å². The highest BCUT2D eigenvalue weighted by Gasteiger charge is 2.24. The molecule has 3 rings (SSSR count). The molecular formula is C18H28N6O. The lowest BCUT2D eigenvalue weighted by Gasteiger charge is -2.16. The minimum atomic E-state index is 0.00969. The summed E-state index contributed by atoms with van der Waals surface area (Å²) >= 11 is 0. The minimum Gasteiger partial charge on any atom is -0.330 e. The number of anilines is 1. The number of nitrogens with one attached hydrogen (secondary N) is 1. The highest BCUT2D eigenvalue weighted by Crippen LogP contribution is 2.29. The Morgan fingerprint density at radius 1 is 1.32 bits per heavy atom. The Labute approximate surface area is 148 Å². The van der Waals surface area contributed by atoms with Crippen molar-refractivity contribution in [2.75, 3.05) is 25.5 Å². The van der Waals surface area contributed by atoms with Crippen molar-refractivity contribution < 1.29 is 4.79 Å². The number of unbranched alkanes of at least 4 members (excludes halogenated alkanes) is 3. The quantitative estimate of drug-likeness (QED) is 0.718. The van der Waals surface area contributed by atoms with Crippen molar-refractivity contribution in [3.05, 3.63) is 24.3 Å². The fourth-order valence-corrected chi connectivity index (χ4v) is 3.42. The van der Waals surface area contributed by atoms with Crippen molar-refractivity contribution >= 4 is 17.4 Å². The second-order valence-electron chi connectivity index (χ2n) is 6.84. The van der Waals surface area contributed by atoms with Gasteiger partial charge in [0, 0.05) is 12.6 Å². The molecule has 1 atom stereocenters. The molecule has 0 aromatic carbocycles. The molecule has 0 aliphatic carbocycles. The van der Waals surface area contributed by atoms with Crippen LogP contribution in [-0.2, 0) is 4.79 Å². The van der Waals surface area contributed by atoms with E-state index in [1.165, 1.54) is 6.42 Å². The highest BCUT2D eigenvalue weighted by molar-refractivity contribution is 5.89. The molecule has 7 nitrogen and oxygen atoms in total. The molecule has 1 aliphatic rings. The van der Waals surface area contributed by atoms with Crippen LogP contribution in [0.4, 0.5) is 5.82 Å². The zero-order chi connectivity index (χ0) is 17.6. The molecule has 7 heteroatoms. The molecule has 1 fully saturated rings. The molecule has 136 valence electrons. The Kier molecular flexibility index (Phi) is 5.99. The highest BCUT2D eigenvalue weighted by atomic mass is 16.1. The lowest BCUT2D eigenvalue weighted by Crippen LogP contribution is -2.17. The van der Waals surface area contributed by atoms with Gasteiger partial charge in [0.25, 0.3) is 0 Å². The third-order valence-corrected chi connectivity index (χ3v) is 4.85. The van der Waals surface area contributed by atoms with Crippen LogP contribution in [0.2, 0.25) is 0 Å². The van der Waals surface area contributed by atoms with Gasteiger partial charge in [0.1, 0.15) is 5.82 Å². The van der Waals surface area contributed by atoms with Gasteiger partial charge in [-0.1, -0.05) is 12.8 Å². The maximum Gasteiger partial charge on any atom is 0.225 e. The number of rotatable bonds is 8. The summed E-state index contributed by atoms with van der Waals surface area (Å²) in [7, 11) is 2.14. The van der Waals surface area contributed by atoms with E-state index in [-0.39, 0.29) is 5.91 Å². The van der Waals surface area contributed by atoms with E-state index < -0.39 is 0 Å². The van der Waals surface area contributed by atoms with Crippen molar-refractivity contribution in [3.63, 3.8) is 0 Å². The molecule has 25 heavy (non-hydrogen) atoms. The van der Waals surface area contributed by atoms with Crippen molar-refractivity contribution in [2.45, 2.75) is 51.0 Å². The van der Waals surface area contributed by atoms with Gasteiger partial charge < -0.3 is 15.5 Å². The van der Waals surface area contributed by atoms with Crippen molar-refractivity contribution in [1.29, 1.82) is 0 Å². The fourth-order valence-electron chi connectivity index (χ4n) is 3.42. The number of amides is 1. The zero-order valence-corrected chi connectivity index (χ0v) is 14.9. The number of nitrogens with two attached hydrogens (primary N) is 1. The van der Waals surface area contributed by atoms with Gasteiger partial charge in [-0.25, -0.2) is 9.97 Å². The Balaban J connectivity index is 1.58. The maximum absolute atomic E-state index is 12.0. The Bertz CT molecular complexity index is 713. The lowest BCUT2D eigenvalue weighted by molar-refractivity contribution is -0.116. The number of carbonyl (C=O) groups is 1. The van der Waals surface area contributed by atoms with Gasteiger partial charge in [-0.05, 0) is 45.8 Å². The van der Waals surface area contributed by atoms with Gasteiger partial charge in [-0.2, -0.15) is 0 Å². The Morgan fingerprint density at radius 3 is 2.92 bits per heavy atom. The van der Waals surface area contributed by atoms with Crippen LogP contribution in [0.15, 0.2) is 18.6 Å². The number of hydrogen-bond donors (Lipinski definition) is 2. The summed E-state index contributed by atoms with van der Waals surface area (Å²) in [6.45, 7) is 1.84. The average molecular weight is 344 g/mol. The smallest absolute Gasteiger partial charge is 0.225 e. The summed E-state index contributed by atoms with van der Waals surface area (Å²) in [5, 5.41) is 2.88. The standard InChI is InChI=1S/C18H28N6O/c1-23-10-6-7-15(23)14-12-24-13-16(20-11-17(24)21-14)22-18(25)8-4-2-3-5-9-19/h11-13,15H,2-10,19H2,1H3,(H,22,25)/t15-/m1/s1. The largest absolute Gasteiger partial charge is 0.330 e. The van der Waals surface area contributed by atoms with Crippen LogP contribution >= 0.6 is 0 Å². The van der Waals surface area contributed by atoms with Crippen LogP contribution in [0.1, 0.15) is 56.7 Å². The second-order valence-corrected chi connectivity index (χ2v) is 6.84. The summed E-state index contributed by atoms with van der Waals surface area (Å²) in [6, 6.07) is 0.381. The monoisotopic (exact) mass is 344 g/mol. The van der Waals surface area contributed by atoms with Gasteiger partial charge in [-0.3, -0.25) is 9.69 Å². The van der Waals surface area contributed by atoms with E-state index in [9.17, 15) is 4.79 Å². The Morgan fingerprint density at radius 2 is 2.16 bits per heavy atom. The number of imidazole rings is 1. The molecule has 1 aliphatic heterocycles. The topological polar surface area (TPSA) is 88.5 Å². The molecule has 0 unspecified atom stereocenters. The SMILES string of the molecule is CN1CCC[C@@H]1c1cn2cc(NC(=O)CCCCCCN)ncc2n1. The summed E-state index contributed by atoms with van der Waals surface area (Å²) < 4.78 is 1.95. The number of likely N-dealkylation sites (tertiary alicyclic amines) is 1. The third-order valence-electron chi connectivity index (χ3n) is 4.85. The Hall–Kier alpha value is -1.99. The van der Waals surface area contributed by atoms with Crippen LogP contribution in [0.5, 0.6) is 0 Å². The summed E-state index contributed by atoms with van der Waals surface area (Å²) in [5.74, 6) is 0.582. The van der Waals surface area contributed by atoms with Crippen molar-refractivity contribution in [1.82, 2.24) is 19.3 Å². The summed E-state index contributed by atoms with van der Waals surface area (Å²) in [4.78, 5) is 23.4. The van der Waals surface area contributed by atoms with Gasteiger partial charge >= 0.3 is 0 Å². The zero-order valence-electron chi connectivity index (χ0n) is 14.9. The lowest BCUT2D eigenvalue weighted by atomic mass is 10.1. The van der Waals surface area contributed by atoms with E-state index >= 15 is 0 Å². The summed E-state index contributed by atoms with van der Waals surface area (Å²) in [5.41, 5.74) is 7.36. The van der Waals surface area contributed by atoms with E-state index in [1.807, 2.05) is 16.8 Å². The van der Waals surface area contributed by atoms with E-state index in [0.29, 0.717) is 18.3 Å². The van der Waals surface area contributed by atoms with Gasteiger partial charge in [0.05, 0.1) is 24.1 Å². The molecule has 0 bridgehead atoms. The van der Waals surface area contributed by atoms with E-state index in [4.69, 9.17) is 5.73 Å². The average Bonchev–Trinajstić information content (AvgIpc) is 3.19. The van der Waals surface area contributed by atoms with Crippen LogP contribution in [0, 0.1) is 0 Å². The fraction of sp³-hybridized carbons (Fsp3) is 0.611. The predicted octanol–water partition coefficient (Wildman–Crippen LogP) is 2.34. The first-order valence-corrected chi connectivity index (χ1v) is 9.22.